The summed E-state index contributed by atoms with van der Waals surface area (Å²) in [6.45, 7) is 1.75. The minimum Gasteiger partial charge on any atom is -0.462 e. The number of carbonyl (C=O) groups is 1. The molecule has 4 nitrogen and oxygen atoms in total. The molecule has 2 fully saturated rings. The van der Waals surface area contributed by atoms with Gasteiger partial charge >= 0.3 is 5.97 Å². The van der Waals surface area contributed by atoms with Crippen molar-refractivity contribution in [2.75, 3.05) is 0 Å². The summed E-state index contributed by atoms with van der Waals surface area (Å²) in [6, 6.07) is 10.0. The molecule has 5 heteroatoms. The van der Waals surface area contributed by atoms with E-state index in [1.807, 2.05) is 36.4 Å². The van der Waals surface area contributed by atoms with Gasteiger partial charge in [-0.25, -0.2) is 0 Å². The largest absolute Gasteiger partial charge is 0.462 e. The van der Waals surface area contributed by atoms with Gasteiger partial charge in [-0.1, -0.05) is 30.4 Å². The molecular weight excluding hydrogens is 324 g/mol. The molecule has 24 heavy (non-hydrogen) atoms. The third kappa shape index (κ3) is 2.66. The standard InChI is InChI=1S/C19H20O4S/c1-19(22,17-8-11-4-2-3-5-16(11)24-17)7-6-12-13-9-18(21)23-15(13)10-14(12)20/h2-8,12-15,20,22H,9-10H2,1H3/t12-,13-,14-,15+,19?/m1/s1. The maximum atomic E-state index is 11.5. The molecule has 2 heterocycles. The van der Waals surface area contributed by atoms with E-state index in [9.17, 15) is 15.0 Å². The SMILES string of the molecule is CC(O)(C=C[C@@H]1[C@H]2CC(=O)O[C@H]2C[C@H]1O)c1cc2ccccc2s1. The van der Waals surface area contributed by atoms with Crippen LogP contribution >= 0.6 is 11.3 Å². The van der Waals surface area contributed by atoms with E-state index in [-0.39, 0.29) is 23.9 Å². The van der Waals surface area contributed by atoms with Gasteiger partial charge in [0, 0.05) is 27.8 Å². The number of hydrogen-bond donors (Lipinski definition) is 2. The zero-order valence-corrected chi connectivity index (χ0v) is 14.2. The van der Waals surface area contributed by atoms with Crippen molar-refractivity contribution in [3.05, 3.63) is 47.4 Å². The van der Waals surface area contributed by atoms with Gasteiger partial charge in [0.05, 0.1) is 12.5 Å². The first kappa shape index (κ1) is 15.8. The smallest absolute Gasteiger partial charge is 0.306 e. The van der Waals surface area contributed by atoms with Gasteiger partial charge in [0.25, 0.3) is 0 Å². The average molecular weight is 344 g/mol. The van der Waals surface area contributed by atoms with Crippen LogP contribution in [0.25, 0.3) is 10.1 Å². The lowest BCUT2D eigenvalue weighted by Gasteiger charge is -2.20. The topological polar surface area (TPSA) is 66.8 Å². The van der Waals surface area contributed by atoms with Crippen molar-refractivity contribution >= 4 is 27.4 Å². The van der Waals surface area contributed by atoms with Crippen LogP contribution in [0.2, 0.25) is 0 Å². The minimum atomic E-state index is -1.11. The Balaban J connectivity index is 1.58. The molecule has 4 rings (SSSR count). The summed E-state index contributed by atoms with van der Waals surface area (Å²) in [4.78, 5) is 12.3. The molecule has 0 spiro atoms. The number of esters is 1. The Morgan fingerprint density at radius 2 is 2.17 bits per heavy atom. The number of fused-ring (bicyclic) bond motifs is 2. The molecule has 5 atom stereocenters. The van der Waals surface area contributed by atoms with E-state index in [0.717, 1.165) is 15.0 Å². The number of carbonyl (C=O) groups excluding carboxylic acids is 1. The molecule has 1 saturated carbocycles. The second-order valence-electron chi connectivity index (χ2n) is 6.93. The van der Waals surface area contributed by atoms with Gasteiger partial charge in [0.2, 0.25) is 0 Å². The van der Waals surface area contributed by atoms with Gasteiger partial charge < -0.3 is 14.9 Å². The molecule has 1 aliphatic carbocycles. The monoisotopic (exact) mass is 344 g/mol. The minimum absolute atomic E-state index is 0.0157. The molecule has 2 aliphatic rings. The van der Waals surface area contributed by atoms with E-state index in [0.29, 0.717) is 12.8 Å². The Hall–Kier alpha value is -1.69. The number of rotatable bonds is 3. The van der Waals surface area contributed by atoms with E-state index in [1.165, 1.54) is 0 Å². The molecule has 126 valence electrons. The van der Waals surface area contributed by atoms with E-state index < -0.39 is 11.7 Å². The number of aliphatic hydroxyl groups excluding tert-OH is 1. The van der Waals surface area contributed by atoms with E-state index in [2.05, 4.69) is 0 Å². The molecule has 1 aliphatic heterocycles. The average Bonchev–Trinajstić information content (AvgIpc) is 3.18. The number of hydrogen-bond acceptors (Lipinski definition) is 5. The first-order valence-electron chi connectivity index (χ1n) is 8.22. The lowest BCUT2D eigenvalue weighted by molar-refractivity contribution is -0.141. The van der Waals surface area contributed by atoms with Crippen molar-refractivity contribution < 1.29 is 19.7 Å². The van der Waals surface area contributed by atoms with E-state index >= 15 is 0 Å². The molecule has 0 radical (unpaired) electrons. The maximum absolute atomic E-state index is 11.5. The predicted octanol–water partition coefficient (Wildman–Crippen LogP) is 2.98. The van der Waals surface area contributed by atoms with Crippen LogP contribution in [0.15, 0.2) is 42.5 Å². The lowest BCUT2D eigenvalue weighted by Crippen LogP contribution is -2.21. The van der Waals surface area contributed by atoms with Crippen molar-refractivity contribution in [3.8, 4) is 0 Å². The molecule has 0 amide bonds. The summed E-state index contributed by atoms with van der Waals surface area (Å²) >= 11 is 1.56. The van der Waals surface area contributed by atoms with Crippen molar-refractivity contribution in [3.63, 3.8) is 0 Å². The molecule has 1 saturated heterocycles. The van der Waals surface area contributed by atoms with Gasteiger partial charge in [-0.3, -0.25) is 4.79 Å². The van der Waals surface area contributed by atoms with Crippen molar-refractivity contribution in [2.45, 2.75) is 37.6 Å². The van der Waals surface area contributed by atoms with Gasteiger partial charge in [0.1, 0.15) is 11.7 Å². The fourth-order valence-corrected chi connectivity index (χ4v) is 4.89. The summed E-state index contributed by atoms with van der Waals surface area (Å²) in [5.41, 5.74) is -1.11. The zero-order valence-electron chi connectivity index (χ0n) is 13.4. The third-order valence-corrected chi connectivity index (χ3v) is 6.49. The van der Waals surface area contributed by atoms with E-state index in [4.69, 9.17) is 4.74 Å². The second-order valence-corrected chi connectivity index (χ2v) is 8.02. The normalized spacial score (nSPS) is 32.2. The first-order chi connectivity index (χ1) is 11.4. The van der Waals surface area contributed by atoms with Crippen LogP contribution in [-0.4, -0.2) is 28.4 Å². The van der Waals surface area contributed by atoms with Crippen LogP contribution in [-0.2, 0) is 15.1 Å². The molecular formula is C19H20O4S. The van der Waals surface area contributed by atoms with Crippen molar-refractivity contribution in [1.82, 2.24) is 0 Å². The molecule has 1 unspecified atom stereocenters. The van der Waals surface area contributed by atoms with Crippen LogP contribution in [0.4, 0.5) is 0 Å². The highest BCUT2D eigenvalue weighted by Crippen LogP contribution is 2.43. The number of aliphatic hydroxyl groups is 2. The van der Waals surface area contributed by atoms with Crippen LogP contribution in [0, 0.1) is 11.8 Å². The quantitative estimate of drug-likeness (QED) is 0.664. The Morgan fingerprint density at radius 3 is 2.96 bits per heavy atom. The highest BCUT2D eigenvalue weighted by atomic mass is 32.1. The molecule has 1 aromatic carbocycles. The summed E-state index contributed by atoms with van der Waals surface area (Å²) in [5.74, 6) is -0.323. The summed E-state index contributed by atoms with van der Waals surface area (Å²) in [5, 5.41) is 22.2. The second kappa shape index (κ2) is 5.69. The van der Waals surface area contributed by atoms with Crippen molar-refractivity contribution in [1.29, 1.82) is 0 Å². The Morgan fingerprint density at radius 1 is 1.38 bits per heavy atom. The zero-order chi connectivity index (χ0) is 16.9. The first-order valence-corrected chi connectivity index (χ1v) is 9.04. The lowest BCUT2D eigenvalue weighted by atomic mass is 9.90. The number of ether oxygens (including phenoxy) is 1. The van der Waals surface area contributed by atoms with Gasteiger partial charge in [-0.05, 0) is 24.4 Å². The van der Waals surface area contributed by atoms with Gasteiger partial charge in [0.15, 0.2) is 0 Å². The Kier molecular flexibility index (Phi) is 3.75. The van der Waals surface area contributed by atoms with Gasteiger partial charge in [-0.15, -0.1) is 11.3 Å². The summed E-state index contributed by atoms with van der Waals surface area (Å²) < 4.78 is 6.39. The predicted molar refractivity (Wildman–Crippen MR) is 92.6 cm³/mol. The highest BCUT2D eigenvalue weighted by Gasteiger charge is 2.48. The fraction of sp³-hybridized carbons (Fsp3) is 0.421. The Labute approximate surface area is 144 Å². The summed E-state index contributed by atoms with van der Waals surface area (Å²) in [6.07, 6.45) is 3.73. The molecule has 2 aromatic rings. The Bertz CT molecular complexity index is 774. The highest BCUT2D eigenvalue weighted by molar-refractivity contribution is 7.19. The number of benzene rings is 1. The number of thiophene rings is 1. The molecule has 2 N–H and O–H groups in total. The van der Waals surface area contributed by atoms with Crippen LogP contribution in [0.5, 0.6) is 0 Å². The van der Waals surface area contributed by atoms with Gasteiger partial charge in [-0.2, -0.15) is 0 Å². The molecule has 0 bridgehead atoms. The van der Waals surface area contributed by atoms with Crippen LogP contribution in [0.3, 0.4) is 0 Å². The third-order valence-electron chi connectivity index (χ3n) is 5.14. The van der Waals surface area contributed by atoms with Crippen molar-refractivity contribution in [2.24, 2.45) is 11.8 Å². The maximum Gasteiger partial charge on any atom is 0.306 e. The van der Waals surface area contributed by atoms with Crippen LogP contribution < -0.4 is 0 Å². The summed E-state index contributed by atoms with van der Waals surface area (Å²) in [7, 11) is 0. The van der Waals surface area contributed by atoms with Crippen LogP contribution in [0.1, 0.15) is 24.6 Å². The fourth-order valence-electron chi connectivity index (χ4n) is 3.80. The molecule has 1 aromatic heterocycles. The van der Waals surface area contributed by atoms with E-state index in [1.54, 1.807) is 24.3 Å².